The Labute approximate surface area is 200 Å². The lowest BCUT2D eigenvalue weighted by atomic mass is 9.88. The van der Waals surface area contributed by atoms with Crippen molar-refractivity contribution in [2.24, 2.45) is 5.41 Å². The number of rotatable bonds is 8. The monoisotopic (exact) mass is 488 g/mol. The van der Waals surface area contributed by atoms with Crippen LogP contribution in [0.2, 0.25) is 0 Å². The maximum Gasteiger partial charge on any atom is 0.407 e. The van der Waals surface area contributed by atoms with Crippen LogP contribution in [0.25, 0.3) is 11.1 Å². The maximum absolute atomic E-state index is 14.6. The van der Waals surface area contributed by atoms with Gasteiger partial charge in [0.1, 0.15) is 12.0 Å². The fourth-order valence-electron chi connectivity index (χ4n) is 4.82. The Morgan fingerprint density at radius 3 is 2.29 bits per heavy atom. The molecule has 1 heterocycles. The summed E-state index contributed by atoms with van der Waals surface area (Å²) >= 11 is 0. The van der Waals surface area contributed by atoms with Crippen molar-refractivity contribution >= 4 is 18.0 Å². The van der Waals surface area contributed by atoms with E-state index in [1.165, 1.54) is 7.11 Å². The molecule has 2 aliphatic rings. The molecular formula is C25H26F2N2O6. The van der Waals surface area contributed by atoms with E-state index in [-0.39, 0.29) is 32.1 Å². The van der Waals surface area contributed by atoms with E-state index in [1.54, 1.807) is 0 Å². The fraction of sp³-hybridized carbons (Fsp3) is 0.400. The number of alkyl halides is 2. The normalized spacial score (nSPS) is 19.2. The lowest BCUT2D eigenvalue weighted by molar-refractivity contribution is -0.158. The van der Waals surface area contributed by atoms with E-state index in [4.69, 9.17) is 9.47 Å². The highest BCUT2D eigenvalue weighted by atomic mass is 19.3. The number of carboxylic acids is 1. The second-order valence-corrected chi connectivity index (χ2v) is 8.88. The van der Waals surface area contributed by atoms with Crippen LogP contribution in [0.3, 0.4) is 0 Å². The average molecular weight is 488 g/mol. The maximum atomic E-state index is 14.6. The summed E-state index contributed by atoms with van der Waals surface area (Å²) in [6.45, 7) is -2.05. The zero-order valence-electron chi connectivity index (χ0n) is 19.1. The minimum absolute atomic E-state index is 0.00218. The predicted octanol–water partition coefficient (Wildman–Crippen LogP) is 3.11. The van der Waals surface area contributed by atoms with Crippen LogP contribution in [0.1, 0.15) is 23.5 Å². The van der Waals surface area contributed by atoms with E-state index in [1.807, 2.05) is 53.8 Å². The molecule has 4 rings (SSSR count). The van der Waals surface area contributed by atoms with Crippen LogP contribution >= 0.6 is 0 Å². The molecule has 1 aliphatic carbocycles. The number of carbonyl (C=O) groups is 3. The molecular weight excluding hydrogens is 462 g/mol. The Morgan fingerprint density at radius 1 is 1.11 bits per heavy atom. The van der Waals surface area contributed by atoms with Crippen LogP contribution in [-0.4, -0.2) is 73.9 Å². The van der Waals surface area contributed by atoms with Crippen molar-refractivity contribution in [3.05, 3.63) is 59.7 Å². The van der Waals surface area contributed by atoms with Gasteiger partial charge < -0.3 is 24.8 Å². The number of amides is 2. The van der Waals surface area contributed by atoms with Gasteiger partial charge in [-0.05, 0) is 28.7 Å². The summed E-state index contributed by atoms with van der Waals surface area (Å²) < 4.78 is 39.3. The largest absolute Gasteiger partial charge is 0.481 e. The number of ether oxygens (including phenoxy) is 2. The number of hydrogen-bond donors (Lipinski definition) is 2. The summed E-state index contributed by atoms with van der Waals surface area (Å²) in [5, 5.41) is 11.4. The van der Waals surface area contributed by atoms with Gasteiger partial charge in [-0.15, -0.1) is 0 Å². The molecule has 2 aromatic carbocycles. The highest BCUT2D eigenvalue weighted by molar-refractivity contribution is 5.86. The number of nitrogens with zero attached hydrogens (tertiary/aromatic N) is 1. The number of carbonyl (C=O) groups excluding carboxylic acids is 2. The molecule has 2 aromatic rings. The molecule has 0 saturated carbocycles. The van der Waals surface area contributed by atoms with Gasteiger partial charge >= 0.3 is 18.0 Å². The first-order chi connectivity index (χ1) is 16.7. The summed E-state index contributed by atoms with van der Waals surface area (Å²) in [4.78, 5) is 37.0. The van der Waals surface area contributed by atoms with E-state index in [0.29, 0.717) is 0 Å². The molecule has 2 amide bonds. The number of aliphatic carboxylic acids is 1. The molecule has 1 saturated heterocycles. The summed E-state index contributed by atoms with van der Waals surface area (Å²) in [6.07, 6.45) is -1.07. The highest BCUT2D eigenvalue weighted by Gasteiger charge is 2.51. The SMILES string of the molecule is COCC1(C(=O)O)CCN(C(=O)C(F)(F)CNC(=O)OCC2c3ccccc3-c3ccccc32)C1. The van der Waals surface area contributed by atoms with E-state index >= 15 is 0 Å². The summed E-state index contributed by atoms with van der Waals surface area (Å²) in [5.41, 5.74) is 2.60. The molecule has 0 spiro atoms. The number of alkyl carbamates (subject to hydrolysis) is 1. The van der Waals surface area contributed by atoms with Crippen molar-refractivity contribution in [1.82, 2.24) is 10.2 Å². The van der Waals surface area contributed by atoms with Crippen molar-refractivity contribution in [3.8, 4) is 11.1 Å². The Bertz CT molecular complexity index is 1090. The first-order valence-corrected chi connectivity index (χ1v) is 11.2. The molecule has 2 N–H and O–H groups in total. The molecule has 35 heavy (non-hydrogen) atoms. The van der Waals surface area contributed by atoms with Gasteiger partial charge in [-0.3, -0.25) is 9.59 Å². The molecule has 10 heteroatoms. The van der Waals surface area contributed by atoms with E-state index in [2.05, 4.69) is 0 Å². The van der Waals surface area contributed by atoms with Crippen LogP contribution in [0, 0.1) is 5.41 Å². The Hall–Kier alpha value is -3.53. The van der Waals surface area contributed by atoms with Gasteiger partial charge in [-0.25, -0.2) is 4.79 Å². The third-order valence-electron chi connectivity index (χ3n) is 6.63. The highest BCUT2D eigenvalue weighted by Crippen LogP contribution is 2.44. The number of methoxy groups -OCH3 is 1. The summed E-state index contributed by atoms with van der Waals surface area (Å²) in [6, 6.07) is 15.4. The second-order valence-electron chi connectivity index (χ2n) is 8.88. The molecule has 1 aliphatic heterocycles. The number of likely N-dealkylation sites (tertiary alicyclic amines) is 1. The van der Waals surface area contributed by atoms with Crippen LogP contribution in [0.4, 0.5) is 13.6 Å². The molecule has 0 radical (unpaired) electrons. The third kappa shape index (κ3) is 4.70. The van der Waals surface area contributed by atoms with Crippen molar-refractivity contribution in [1.29, 1.82) is 0 Å². The lowest BCUT2D eigenvalue weighted by Gasteiger charge is -2.26. The number of fused-ring (bicyclic) bond motifs is 3. The van der Waals surface area contributed by atoms with Crippen molar-refractivity contribution in [3.63, 3.8) is 0 Å². The molecule has 186 valence electrons. The number of hydrogen-bond acceptors (Lipinski definition) is 5. The molecule has 8 nitrogen and oxygen atoms in total. The molecule has 0 aromatic heterocycles. The van der Waals surface area contributed by atoms with Gasteiger partial charge in [-0.1, -0.05) is 48.5 Å². The number of halogens is 2. The van der Waals surface area contributed by atoms with Gasteiger partial charge in [0, 0.05) is 26.1 Å². The standard InChI is InChI=1S/C25H26F2N2O6/c1-34-15-24(22(31)32)10-11-29(14-24)21(30)25(26,27)13-28-23(33)35-12-20-18-8-4-2-6-16(18)17-7-3-5-9-19(17)20/h2-9,20H,10-15H2,1H3,(H,28,33)(H,31,32). The van der Waals surface area contributed by atoms with Crippen LogP contribution in [-0.2, 0) is 19.1 Å². The third-order valence-corrected chi connectivity index (χ3v) is 6.63. The molecule has 1 atom stereocenters. The minimum atomic E-state index is -3.92. The number of benzene rings is 2. The minimum Gasteiger partial charge on any atom is -0.481 e. The van der Waals surface area contributed by atoms with E-state index in [9.17, 15) is 28.3 Å². The average Bonchev–Trinajstić information content (AvgIpc) is 3.42. The van der Waals surface area contributed by atoms with Gasteiger partial charge in [0.05, 0.1) is 13.2 Å². The summed E-state index contributed by atoms with van der Waals surface area (Å²) in [7, 11) is 1.31. The van der Waals surface area contributed by atoms with Crippen LogP contribution < -0.4 is 5.32 Å². The predicted molar refractivity (Wildman–Crippen MR) is 121 cm³/mol. The molecule has 1 unspecified atom stereocenters. The van der Waals surface area contributed by atoms with Crippen LogP contribution in [0.5, 0.6) is 0 Å². The first-order valence-electron chi connectivity index (χ1n) is 11.2. The first kappa shape index (κ1) is 24.6. The number of carboxylic acid groups (broad SMARTS) is 1. The van der Waals surface area contributed by atoms with Gasteiger partial charge in [0.15, 0.2) is 0 Å². The zero-order valence-corrected chi connectivity index (χ0v) is 19.1. The Balaban J connectivity index is 1.33. The van der Waals surface area contributed by atoms with Gasteiger partial charge in [0.2, 0.25) is 0 Å². The summed E-state index contributed by atoms with van der Waals surface area (Å²) in [5.74, 6) is -6.91. The quantitative estimate of drug-likeness (QED) is 0.592. The molecule has 1 fully saturated rings. The number of nitrogens with one attached hydrogen (secondary N) is 1. The van der Waals surface area contributed by atoms with Gasteiger partial charge in [0.25, 0.3) is 5.91 Å². The Morgan fingerprint density at radius 2 is 1.71 bits per heavy atom. The van der Waals surface area contributed by atoms with Crippen LogP contribution in [0.15, 0.2) is 48.5 Å². The lowest BCUT2D eigenvalue weighted by Crippen LogP contribution is -2.50. The van der Waals surface area contributed by atoms with Gasteiger partial charge in [-0.2, -0.15) is 8.78 Å². The van der Waals surface area contributed by atoms with Crippen molar-refractivity contribution in [2.45, 2.75) is 18.3 Å². The Kier molecular flexibility index (Phi) is 6.75. The zero-order chi connectivity index (χ0) is 25.2. The van der Waals surface area contributed by atoms with E-state index < -0.39 is 42.4 Å². The van der Waals surface area contributed by atoms with Crippen molar-refractivity contribution < 1.29 is 37.7 Å². The second kappa shape index (κ2) is 9.61. The topological polar surface area (TPSA) is 105 Å². The smallest absolute Gasteiger partial charge is 0.407 e. The van der Waals surface area contributed by atoms with Crippen molar-refractivity contribution in [2.75, 3.05) is 40.0 Å². The fourth-order valence-corrected chi connectivity index (χ4v) is 4.82. The molecule has 0 bridgehead atoms. The van der Waals surface area contributed by atoms with E-state index in [0.717, 1.165) is 27.2 Å².